The third kappa shape index (κ3) is 5.60. The third-order valence-electron chi connectivity index (χ3n) is 4.66. The predicted octanol–water partition coefficient (Wildman–Crippen LogP) is 3.58. The van der Waals surface area contributed by atoms with Crippen LogP contribution in [0.25, 0.3) is 11.1 Å². The Kier molecular flexibility index (Phi) is 6.77. The zero-order chi connectivity index (χ0) is 21.7. The summed E-state index contributed by atoms with van der Waals surface area (Å²) in [6.07, 6.45) is 1.10. The van der Waals surface area contributed by atoms with Crippen molar-refractivity contribution in [3.05, 3.63) is 81.3 Å². The number of aryl methyl sites for hydroxylation is 2. The van der Waals surface area contributed by atoms with E-state index in [0.29, 0.717) is 17.9 Å². The molecule has 0 fully saturated rings. The molecule has 0 spiro atoms. The molecule has 1 atom stereocenters. The van der Waals surface area contributed by atoms with E-state index in [-0.39, 0.29) is 24.5 Å². The summed E-state index contributed by atoms with van der Waals surface area (Å²) in [6, 6.07) is 15.5. The maximum atomic E-state index is 12.1. The third-order valence-corrected chi connectivity index (χ3v) is 4.89. The Labute approximate surface area is 178 Å². The van der Waals surface area contributed by atoms with E-state index in [2.05, 4.69) is 4.42 Å². The van der Waals surface area contributed by atoms with Gasteiger partial charge >= 0.3 is 11.8 Å². The van der Waals surface area contributed by atoms with Crippen LogP contribution in [0, 0.1) is 6.92 Å². The molecule has 2 aromatic carbocycles. The van der Waals surface area contributed by atoms with Crippen molar-refractivity contribution < 1.29 is 23.5 Å². The monoisotopic (exact) mass is 431 g/mol. The molecule has 3 aromatic rings. The molecule has 0 bridgehead atoms. The van der Waals surface area contributed by atoms with Crippen LogP contribution in [0.2, 0.25) is 5.02 Å². The molecule has 7 nitrogen and oxygen atoms in total. The van der Waals surface area contributed by atoms with Crippen LogP contribution in [0.4, 0.5) is 0 Å². The van der Waals surface area contributed by atoms with E-state index >= 15 is 0 Å². The first-order valence-corrected chi connectivity index (χ1v) is 9.75. The molecule has 0 amide bonds. The fourth-order valence-electron chi connectivity index (χ4n) is 2.96. The number of benzene rings is 2. The van der Waals surface area contributed by atoms with Crippen molar-refractivity contribution in [2.45, 2.75) is 38.5 Å². The second-order valence-corrected chi connectivity index (χ2v) is 7.43. The molecule has 1 unspecified atom stereocenters. The SMILES string of the molecule is Cc1oc(=O)oc1COC(=O)C(N)(O)CCCc1ccc(-c2cccc(Cl)c2)cc1. The van der Waals surface area contributed by atoms with Crippen LogP contribution >= 0.6 is 11.6 Å². The molecule has 30 heavy (non-hydrogen) atoms. The van der Waals surface area contributed by atoms with Gasteiger partial charge in [0.2, 0.25) is 5.72 Å². The fourth-order valence-corrected chi connectivity index (χ4v) is 3.15. The number of esters is 1. The number of halogens is 1. The van der Waals surface area contributed by atoms with Gasteiger partial charge in [0, 0.05) is 11.4 Å². The Hall–Kier alpha value is -2.87. The topological polar surface area (TPSA) is 116 Å². The summed E-state index contributed by atoms with van der Waals surface area (Å²) in [5.41, 5.74) is 6.67. The smallest absolute Gasteiger partial charge is 0.454 e. The highest BCUT2D eigenvalue weighted by molar-refractivity contribution is 6.30. The molecule has 0 saturated carbocycles. The number of ether oxygens (including phenoxy) is 1. The molecule has 8 heteroatoms. The molecule has 1 aromatic heterocycles. The molecule has 158 valence electrons. The average Bonchev–Trinajstić information content (AvgIpc) is 3.03. The van der Waals surface area contributed by atoms with Crippen LogP contribution in [0.3, 0.4) is 0 Å². The van der Waals surface area contributed by atoms with Crippen molar-refractivity contribution in [2.75, 3.05) is 0 Å². The van der Waals surface area contributed by atoms with E-state index in [1.807, 2.05) is 48.5 Å². The molecule has 0 radical (unpaired) electrons. The minimum absolute atomic E-state index is 0.0101. The van der Waals surface area contributed by atoms with Gasteiger partial charge in [-0.1, -0.05) is 48.0 Å². The Morgan fingerprint density at radius 3 is 2.53 bits per heavy atom. The number of carbonyl (C=O) groups is 1. The second kappa shape index (κ2) is 9.30. The van der Waals surface area contributed by atoms with E-state index in [1.54, 1.807) is 0 Å². The highest BCUT2D eigenvalue weighted by Crippen LogP contribution is 2.23. The average molecular weight is 432 g/mol. The lowest BCUT2D eigenvalue weighted by atomic mass is 10.00. The molecule has 0 saturated heterocycles. The number of hydrogen-bond acceptors (Lipinski definition) is 7. The van der Waals surface area contributed by atoms with Gasteiger partial charge in [0.15, 0.2) is 18.1 Å². The minimum Gasteiger partial charge on any atom is -0.454 e. The van der Waals surface area contributed by atoms with Crippen LogP contribution in [-0.4, -0.2) is 16.8 Å². The Bertz CT molecular complexity index is 1070. The van der Waals surface area contributed by atoms with Gasteiger partial charge in [-0.25, -0.2) is 9.59 Å². The first-order chi connectivity index (χ1) is 14.2. The van der Waals surface area contributed by atoms with E-state index in [0.717, 1.165) is 16.7 Å². The largest absolute Gasteiger partial charge is 0.519 e. The number of rotatable bonds is 8. The standard InChI is InChI=1S/C22H22ClNO6/c1-14-19(30-21(26)29-14)13-28-20(25)22(24,27)11-3-4-15-7-9-16(10-8-15)17-5-2-6-18(23)12-17/h2,5-10,12,27H,3-4,11,13,24H2,1H3. The quantitative estimate of drug-likeness (QED) is 0.413. The van der Waals surface area contributed by atoms with Crippen molar-refractivity contribution in [2.24, 2.45) is 5.73 Å². The lowest BCUT2D eigenvalue weighted by Crippen LogP contribution is -2.48. The fraction of sp³-hybridized carbons (Fsp3) is 0.273. The van der Waals surface area contributed by atoms with Crippen LogP contribution in [0.5, 0.6) is 0 Å². The van der Waals surface area contributed by atoms with Gasteiger partial charge in [-0.05, 0) is 48.6 Å². The predicted molar refractivity (Wildman–Crippen MR) is 111 cm³/mol. The van der Waals surface area contributed by atoms with E-state index in [9.17, 15) is 14.7 Å². The number of aliphatic hydroxyl groups is 1. The summed E-state index contributed by atoms with van der Waals surface area (Å²) in [4.78, 5) is 23.1. The first kappa shape index (κ1) is 21.8. The van der Waals surface area contributed by atoms with Crippen LogP contribution in [-0.2, 0) is 22.6 Å². The van der Waals surface area contributed by atoms with E-state index in [1.165, 1.54) is 6.92 Å². The summed E-state index contributed by atoms with van der Waals surface area (Å²) in [5.74, 6) is -1.61. The summed E-state index contributed by atoms with van der Waals surface area (Å²) in [7, 11) is 0. The zero-order valence-electron chi connectivity index (χ0n) is 16.4. The number of hydrogen-bond donors (Lipinski definition) is 2. The van der Waals surface area contributed by atoms with Gasteiger partial charge in [0.1, 0.15) is 0 Å². The zero-order valence-corrected chi connectivity index (χ0v) is 17.1. The molecular formula is C22H22ClNO6. The van der Waals surface area contributed by atoms with Crippen molar-refractivity contribution in [1.29, 1.82) is 0 Å². The van der Waals surface area contributed by atoms with Crippen molar-refractivity contribution in [3.8, 4) is 11.1 Å². The maximum Gasteiger partial charge on any atom is 0.519 e. The Morgan fingerprint density at radius 2 is 1.90 bits per heavy atom. The maximum absolute atomic E-state index is 12.1. The lowest BCUT2D eigenvalue weighted by molar-refractivity contribution is -0.167. The second-order valence-electron chi connectivity index (χ2n) is 6.99. The molecule has 3 rings (SSSR count). The van der Waals surface area contributed by atoms with Crippen LogP contribution in [0.15, 0.2) is 62.2 Å². The summed E-state index contributed by atoms with van der Waals surface area (Å²) in [5, 5.41) is 10.9. The van der Waals surface area contributed by atoms with Crippen LogP contribution < -0.4 is 11.6 Å². The molecule has 3 N–H and O–H groups in total. The number of carbonyl (C=O) groups excluding carboxylic acids is 1. The molecule has 0 aliphatic carbocycles. The van der Waals surface area contributed by atoms with Gasteiger partial charge in [-0.15, -0.1) is 0 Å². The molecular weight excluding hydrogens is 410 g/mol. The van der Waals surface area contributed by atoms with Crippen LogP contribution in [0.1, 0.15) is 29.9 Å². The van der Waals surface area contributed by atoms with Gasteiger partial charge < -0.3 is 18.7 Å². The van der Waals surface area contributed by atoms with Crippen molar-refractivity contribution >= 4 is 17.6 Å². The van der Waals surface area contributed by atoms with Gasteiger partial charge in [-0.2, -0.15) is 0 Å². The highest BCUT2D eigenvalue weighted by Gasteiger charge is 2.33. The minimum atomic E-state index is -2.14. The van der Waals surface area contributed by atoms with E-state index in [4.69, 9.17) is 26.5 Å². The molecule has 0 aliphatic rings. The normalized spacial score (nSPS) is 13.1. The van der Waals surface area contributed by atoms with E-state index < -0.39 is 17.5 Å². The Balaban J connectivity index is 1.50. The number of nitrogens with two attached hydrogens (primary N) is 1. The summed E-state index contributed by atoms with van der Waals surface area (Å²) < 4.78 is 14.4. The Morgan fingerprint density at radius 1 is 1.17 bits per heavy atom. The van der Waals surface area contributed by atoms with Crippen molar-refractivity contribution in [3.63, 3.8) is 0 Å². The van der Waals surface area contributed by atoms with Crippen molar-refractivity contribution in [1.82, 2.24) is 0 Å². The lowest BCUT2D eigenvalue weighted by Gasteiger charge is -2.20. The summed E-state index contributed by atoms with van der Waals surface area (Å²) in [6.45, 7) is 1.15. The van der Waals surface area contributed by atoms with Gasteiger partial charge in [-0.3, -0.25) is 5.73 Å². The van der Waals surface area contributed by atoms with Gasteiger partial charge in [0.25, 0.3) is 0 Å². The molecule has 1 heterocycles. The first-order valence-electron chi connectivity index (χ1n) is 9.37. The van der Waals surface area contributed by atoms with Gasteiger partial charge in [0.05, 0.1) is 0 Å². The molecule has 0 aliphatic heterocycles. The highest BCUT2D eigenvalue weighted by atomic mass is 35.5. The summed E-state index contributed by atoms with van der Waals surface area (Å²) >= 11 is 6.03.